The Bertz CT molecular complexity index is 260. The maximum absolute atomic E-state index is 11.1. The number of hydrogen-bond donors (Lipinski definition) is 4. The normalized spacial score (nSPS) is 11.3. The van der Waals surface area contributed by atoms with Gasteiger partial charge in [0, 0.05) is 0 Å². The molecule has 0 saturated heterocycles. The minimum atomic E-state index is -1.08. The molecule has 0 spiro atoms. The minimum absolute atomic E-state index is 0.514. The first kappa shape index (κ1) is 13.7. The summed E-state index contributed by atoms with van der Waals surface area (Å²) in [5.74, 6) is -0.901. The van der Waals surface area contributed by atoms with Crippen molar-refractivity contribution in [2.75, 3.05) is 26.7 Å². The molecule has 0 bridgehead atoms. The second-order valence-corrected chi connectivity index (χ2v) is 2.40. The number of Topliss-reactive ketones (excluding diaryl/α,β-unsaturated/α-hetero) is 1. The zero-order valence-electron chi connectivity index (χ0n) is 7.83. The van der Waals surface area contributed by atoms with Crippen LogP contribution in [0.3, 0.4) is 0 Å². The number of ketones is 1. The Morgan fingerprint density at radius 3 is 1.87 bits per heavy atom. The predicted molar refractivity (Wildman–Crippen MR) is 48.0 cm³/mol. The van der Waals surface area contributed by atoms with Crippen LogP contribution in [-0.4, -0.2) is 69.5 Å². The van der Waals surface area contributed by atoms with Crippen LogP contribution in [-0.2, 0) is 4.79 Å². The van der Waals surface area contributed by atoms with Gasteiger partial charge in [0.2, 0.25) is 5.78 Å². The molecular weight excluding hydrogens is 208 g/mol. The smallest absolute Gasteiger partial charge is 0.347 e. The summed E-state index contributed by atoms with van der Waals surface area (Å²) in [5, 5.41) is 34.2. The number of rotatable bonds is 5. The molecule has 0 aromatic heterocycles. The number of aliphatic imine (C=N–C) groups is 1. The molecule has 2 amide bonds. The molecule has 0 heterocycles. The number of amides is 2. The van der Waals surface area contributed by atoms with Gasteiger partial charge in [-0.3, -0.25) is 9.69 Å². The number of carbonyl (C=O) groups excluding carboxylic acids is 2. The van der Waals surface area contributed by atoms with Gasteiger partial charge in [0.25, 0.3) is 0 Å². The number of nitrogens with zero attached hydrogens (tertiary/aromatic N) is 2. The van der Waals surface area contributed by atoms with E-state index in [1.807, 2.05) is 0 Å². The van der Waals surface area contributed by atoms with Gasteiger partial charge in [0.15, 0.2) is 0 Å². The quantitative estimate of drug-likeness (QED) is 0.294. The average Bonchev–Trinajstić information content (AvgIpc) is 2.26. The topological polar surface area (TPSA) is 131 Å². The van der Waals surface area contributed by atoms with Gasteiger partial charge in [-0.05, 0) is 0 Å². The number of aliphatic hydroxyl groups is 4. The highest BCUT2D eigenvalue weighted by Gasteiger charge is 2.15. The van der Waals surface area contributed by atoms with Gasteiger partial charge in [-0.15, -0.1) is 0 Å². The largest absolute Gasteiger partial charge is 0.390 e. The molecule has 0 fully saturated rings. The molecule has 0 rings (SSSR count). The van der Waals surface area contributed by atoms with Crippen molar-refractivity contribution in [3.05, 3.63) is 0 Å². The summed E-state index contributed by atoms with van der Waals surface area (Å²) in [6, 6.07) is -1.08. The first-order chi connectivity index (χ1) is 7.10. The standard InChI is InChI=1S/C7H12N2O6/c10-1-5(6(14)2-11)8-7(15)9(3-12)4-13/h10-13H,1-4H2. The summed E-state index contributed by atoms with van der Waals surface area (Å²) < 4.78 is 0. The fourth-order valence-electron chi connectivity index (χ4n) is 0.629. The van der Waals surface area contributed by atoms with Crippen molar-refractivity contribution in [2.24, 2.45) is 4.99 Å². The van der Waals surface area contributed by atoms with E-state index in [2.05, 4.69) is 4.99 Å². The van der Waals surface area contributed by atoms with Gasteiger partial charge in [-0.25, -0.2) is 4.79 Å². The van der Waals surface area contributed by atoms with Crippen molar-refractivity contribution < 1.29 is 30.0 Å². The van der Waals surface area contributed by atoms with Crippen molar-refractivity contribution in [1.29, 1.82) is 0 Å². The van der Waals surface area contributed by atoms with Gasteiger partial charge in [0.05, 0.1) is 6.61 Å². The second kappa shape index (κ2) is 7.01. The van der Waals surface area contributed by atoms with E-state index in [0.29, 0.717) is 4.90 Å². The van der Waals surface area contributed by atoms with Crippen LogP contribution in [0.15, 0.2) is 4.99 Å². The fraction of sp³-hybridized carbons (Fsp3) is 0.571. The van der Waals surface area contributed by atoms with Crippen LogP contribution in [0.25, 0.3) is 0 Å². The Morgan fingerprint density at radius 2 is 1.53 bits per heavy atom. The molecule has 0 atom stereocenters. The van der Waals surface area contributed by atoms with Gasteiger partial charge in [0.1, 0.15) is 25.8 Å². The van der Waals surface area contributed by atoms with Crippen molar-refractivity contribution >= 4 is 17.5 Å². The molecule has 0 unspecified atom stereocenters. The summed E-state index contributed by atoms with van der Waals surface area (Å²) >= 11 is 0. The third-order valence-corrected chi connectivity index (χ3v) is 1.46. The van der Waals surface area contributed by atoms with Crippen molar-refractivity contribution in [3.63, 3.8) is 0 Å². The van der Waals surface area contributed by atoms with E-state index >= 15 is 0 Å². The third-order valence-electron chi connectivity index (χ3n) is 1.46. The van der Waals surface area contributed by atoms with Crippen molar-refractivity contribution in [2.45, 2.75) is 0 Å². The maximum Gasteiger partial charge on any atom is 0.347 e. The highest BCUT2D eigenvalue weighted by molar-refractivity contribution is 6.42. The predicted octanol–water partition coefficient (Wildman–Crippen LogP) is -2.70. The van der Waals surface area contributed by atoms with Gasteiger partial charge in [-0.1, -0.05) is 0 Å². The lowest BCUT2D eigenvalue weighted by molar-refractivity contribution is -0.115. The molecule has 0 aliphatic carbocycles. The van der Waals surface area contributed by atoms with Gasteiger partial charge >= 0.3 is 6.03 Å². The Hall–Kier alpha value is -1.35. The molecule has 8 nitrogen and oxygen atoms in total. The Morgan fingerprint density at radius 1 is 1.00 bits per heavy atom. The first-order valence-electron chi connectivity index (χ1n) is 3.93. The lowest BCUT2D eigenvalue weighted by Crippen LogP contribution is -2.33. The van der Waals surface area contributed by atoms with Crippen LogP contribution >= 0.6 is 0 Å². The van der Waals surface area contributed by atoms with E-state index in [1.165, 1.54) is 0 Å². The van der Waals surface area contributed by atoms with E-state index in [9.17, 15) is 9.59 Å². The van der Waals surface area contributed by atoms with Crippen molar-refractivity contribution in [1.82, 2.24) is 4.90 Å². The zero-order valence-corrected chi connectivity index (χ0v) is 7.83. The molecule has 8 heteroatoms. The SMILES string of the molecule is O=C(CO)C(CO)=NC(=O)N(CO)CO. The summed E-state index contributed by atoms with van der Waals surface area (Å²) in [5.41, 5.74) is -0.533. The first-order valence-corrected chi connectivity index (χ1v) is 3.93. The zero-order chi connectivity index (χ0) is 11.8. The monoisotopic (exact) mass is 220 g/mol. The average molecular weight is 220 g/mol. The molecule has 86 valence electrons. The molecule has 0 aromatic rings. The van der Waals surface area contributed by atoms with E-state index in [4.69, 9.17) is 20.4 Å². The second-order valence-electron chi connectivity index (χ2n) is 2.40. The molecule has 0 aromatic carbocycles. The molecule has 15 heavy (non-hydrogen) atoms. The highest BCUT2D eigenvalue weighted by Crippen LogP contribution is 1.92. The number of carbonyl (C=O) groups is 2. The van der Waals surface area contributed by atoms with Crippen LogP contribution in [0.5, 0.6) is 0 Å². The fourth-order valence-corrected chi connectivity index (χ4v) is 0.629. The molecule has 0 saturated carbocycles. The molecule has 4 N–H and O–H groups in total. The van der Waals surface area contributed by atoms with Crippen LogP contribution < -0.4 is 0 Å². The lowest BCUT2D eigenvalue weighted by Gasteiger charge is -2.13. The maximum atomic E-state index is 11.1. The summed E-state index contributed by atoms with van der Waals surface area (Å²) in [7, 11) is 0. The van der Waals surface area contributed by atoms with E-state index in [1.54, 1.807) is 0 Å². The Labute approximate surface area is 85.1 Å². The van der Waals surface area contributed by atoms with Gasteiger partial charge in [-0.2, -0.15) is 4.99 Å². The lowest BCUT2D eigenvalue weighted by atomic mass is 10.3. The summed E-state index contributed by atoms with van der Waals surface area (Å²) in [4.78, 5) is 25.6. The van der Waals surface area contributed by atoms with Crippen molar-refractivity contribution in [3.8, 4) is 0 Å². The van der Waals surface area contributed by atoms with E-state index in [-0.39, 0.29) is 0 Å². The molecule has 0 aliphatic heterocycles. The van der Waals surface area contributed by atoms with Crippen LogP contribution in [0.4, 0.5) is 4.79 Å². The van der Waals surface area contributed by atoms with Gasteiger partial charge < -0.3 is 20.4 Å². The van der Waals surface area contributed by atoms with Crippen LogP contribution in [0, 0.1) is 0 Å². The van der Waals surface area contributed by atoms with E-state index < -0.39 is 44.2 Å². The molecule has 0 aliphatic rings. The van der Waals surface area contributed by atoms with E-state index in [0.717, 1.165) is 0 Å². The summed E-state index contributed by atoms with van der Waals surface area (Å²) in [6.45, 7) is -3.24. The summed E-state index contributed by atoms with van der Waals surface area (Å²) in [6.07, 6.45) is 0. The number of aliphatic hydroxyl groups excluding tert-OH is 4. The molecule has 0 radical (unpaired) electrons. The van der Waals surface area contributed by atoms with Crippen LogP contribution in [0.2, 0.25) is 0 Å². The van der Waals surface area contributed by atoms with Crippen LogP contribution in [0.1, 0.15) is 0 Å². The minimum Gasteiger partial charge on any atom is -0.390 e. The third kappa shape index (κ3) is 4.13. The Balaban J connectivity index is 4.68. The Kier molecular flexibility index (Phi) is 6.38. The number of urea groups is 1. The molecular formula is C7H12N2O6. The number of hydrogen-bond acceptors (Lipinski definition) is 6. The highest BCUT2D eigenvalue weighted by atomic mass is 16.3.